The van der Waals surface area contributed by atoms with Gasteiger partial charge in [-0.3, -0.25) is 4.79 Å². The van der Waals surface area contributed by atoms with Crippen molar-refractivity contribution in [3.63, 3.8) is 0 Å². The lowest BCUT2D eigenvalue weighted by Gasteiger charge is -2.30. The summed E-state index contributed by atoms with van der Waals surface area (Å²) >= 11 is 0. The van der Waals surface area contributed by atoms with Gasteiger partial charge in [0.2, 0.25) is 0 Å². The fourth-order valence-electron chi connectivity index (χ4n) is 4.46. The molecule has 3 heterocycles. The number of nitrogens with zero attached hydrogens (tertiary/aromatic N) is 2. The zero-order valence-electron chi connectivity index (χ0n) is 14.5. The van der Waals surface area contributed by atoms with Crippen LogP contribution < -0.4 is 10.9 Å². The van der Waals surface area contributed by atoms with Crippen LogP contribution >= 0.6 is 0 Å². The number of pyridine rings is 1. The molecular formula is C19H29N3O2. The highest BCUT2D eigenvalue weighted by Crippen LogP contribution is 2.21. The molecule has 5 heteroatoms. The highest BCUT2D eigenvalue weighted by molar-refractivity contribution is 5.25. The molecule has 5 nitrogen and oxygen atoms in total. The molecule has 2 fully saturated rings. The molecule has 1 N–H and O–H groups in total. The van der Waals surface area contributed by atoms with E-state index < -0.39 is 0 Å². The van der Waals surface area contributed by atoms with E-state index in [2.05, 4.69) is 16.3 Å². The van der Waals surface area contributed by atoms with Crippen LogP contribution in [0.15, 0.2) is 16.9 Å². The molecular weight excluding hydrogens is 302 g/mol. The second-order valence-electron chi connectivity index (χ2n) is 7.51. The van der Waals surface area contributed by atoms with Crippen LogP contribution in [-0.2, 0) is 24.1 Å². The third-order valence-corrected chi connectivity index (χ3v) is 5.83. The summed E-state index contributed by atoms with van der Waals surface area (Å²) in [5, 5.41) is 3.75. The third-order valence-electron chi connectivity index (χ3n) is 5.83. The monoisotopic (exact) mass is 331 g/mol. The normalized spacial score (nSPS) is 27.5. The molecule has 1 aliphatic carbocycles. The highest BCUT2D eigenvalue weighted by Gasteiger charge is 2.25. The summed E-state index contributed by atoms with van der Waals surface area (Å²) in [5.41, 5.74) is 2.81. The molecule has 2 aliphatic heterocycles. The first-order valence-electron chi connectivity index (χ1n) is 9.57. The molecule has 0 saturated carbocycles. The Morgan fingerprint density at radius 3 is 2.79 bits per heavy atom. The average molecular weight is 331 g/mol. The Morgan fingerprint density at radius 1 is 1.12 bits per heavy atom. The van der Waals surface area contributed by atoms with Crippen molar-refractivity contribution < 1.29 is 4.74 Å². The number of aromatic nitrogens is 1. The number of hydrogen-bond acceptors (Lipinski definition) is 4. The minimum absolute atomic E-state index is 0.170. The summed E-state index contributed by atoms with van der Waals surface area (Å²) in [6, 6.07) is 4.86. The first-order valence-corrected chi connectivity index (χ1v) is 9.57. The number of rotatable bonds is 5. The van der Waals surface area contributed by atoms with Crippen molar-refractivity contribution in [2.24, 2.45) is 0 Å². The largest absolute Gasteiger partial charge is 0.380 e. The Balaban J connectivity index is 1.43. The molecule has 132 valence electrons. The summed E-state index contributed by atoms with van der Waals surface area (Å²) in [7, 11) is 0. The zero-order chi connectivity index (χ0) is 16.4. The van der Waals surface area contributed by atoms with E-state index in [-0.39, 0.29) is 5.56 Å². The Morgan fingerprint density at radius 2 is 2.00 bits per heavy atom. The summed E-state index contributed by atoms with van der Waals surface area (Å²) < 4.78 is 7.52. The molecule has 1 aromatic heterocycles. The fourth-order valence-corrected chi connectivity index (χ4v) is 4.46. The molecule has 1 aromatic rings. The zero-order valence-corrected chi connectivity index (χ0v) is 14.5. The van der Waals surface area contributed by atoms with Gasteiger partial charge in [0, 0.05) is 43.5 Å². The van der Waals surface area contributed by atoms with Crippen molar-refractivity contribution >= 4 is 0 Å². The van der Waals surface area contributed by atoms with Crippen molar-refractivity contribution in [1.82, 2.24) is 14.8 Å². The summed E-state index contributed by atoms with van der Waals surface area (Å²) in [6.07, 6.45) is 6.90. The fraction of sp³-hybridized carbons (Fsp3) is 0.737. The first kappa shape index (κ1) is 16.3. The molecule has 0 spiro atoms. The molecule has 0 bridgehead atoms. The maximum absolute atomic E-state index is 12.4. The van der Waals surface area contributed by atoms with Crippen LogP contribution in [-0.4, -0.2) is 54.4 Å². The van der Waals surface area contributed by atoms with E-state index in [1.165, 1.54) is 37.2 Å². The highest BCUT2D eigenvalue weighted by atomic mass is 16.5. The smallest absolute Gasteiger partial charge is 0.250 e. The molecule has 2 saturated heterocycles. The molecule has 3 aliphatic rings. The standard InChI is InChI=1S/C19H29N3O2/c23-19-6-3-15-13-16(20-17-7-12-24-14-17)4-5-18(15)22(19)11-10-21-8-1-2-9-21/h3,6,16-17,20H,1-2,4-5,7-14H2. The van der Waals surface area contributed by atoms with Gasteiger partial charge in [0.15, 0.2) is 0 Å². The van der Waals surface area contributed by atoms with Crippen molar-refractivity contribution in [2.45, 2.75) is 57.2 Å². The lowest BCUT2D eigenvalue weighted by molar-refractivity contribution is 0.187. The van der Waals surface area contributed by atoms with E-state index in [0.717, 1.165) is 52.0 Å². The second kappa shape index (κ2) is 7.38. The van der Waals surface area contributed by atoms with Crippen LogP contribution in [0.5, 0.6) is 0 Å². The SMILES string of the molecule is O=c1ccc2c(n1CCN1CCCC1)CCC(NC1CCOC1)C2. The lowest BCUT2D eigenvalue weighted by atomic mass is 9.91. The Bertz CT molecular complexity index is 616. The van der Waals surface area contributed by atoms with Gasteiger partial charge < -0.3 is 19.5 Å². The number of hydrogen-bond donors (Lipinski definition) is 1. The minimum Gasteiger partial charge on any atom is -0.380 e. The van der Waals surface area contributed by atoms with E-state index in [0.29, 0.717) is 12.1 Å². The van der Waals surface area contributed by atoms with Crippen LogP contribution in [0.1, 0.15) is 36.9 Å². The molecule has 0 radical (unpaired) electrons. The van der Waals surface area contributed by atoms with Crippen molar-refractivity contribution in [3.05, 3.63) is 33.7 Å². The van der Waals surface area contributed by atoms with Gasteiger partial charge in [-0.1, -0.05) is 6.07 Å². The van der Waals surface area contributed by atoms with Gasteiger partial charge in [-0.15, -0.1) is 0 Å². The third kappa shape index (κ3) is 3.58. The number of nitrogens with one attached hydrogen (secondary N) is 1. The molecule has 2 unspecified atom stereocenters. The van der Waals surface area contributed by atoms with Gasteiger partial charge >= 0.3 is 0 Å². The Hall–Kier alpha value is -1.17. The molecule has 4 rings (SSSR count). The van der Waals surface area contributed by atoms with Gasteiger partial charge in [-0.05, 0) is 57.2 Å². The maximum Gasteiger partial charge on any atom is 0.250 e. The van der Waals surface area contributed by atoms with E-state index in [4.69, 9.17) is 4.74 Å². The predicted octanol–water partition coefficient (Wildman–Crippen LogP) is 1.18. The molecule has 24 heavy (non-hydrogen) atoms. The van der Waals surface area contributed by atoms with Gasteiger partial charge in [0.05, 0.1) is 6.61 Å². The lowest BCUT2D eigenvalue weighted by Crippen LogP contribution is -2.43. The molecule has 0 amide bonds. The van der Waals surface area contributed by atoms with Crippen molar-refractivity contribution in [3.8, 4) is 0 Å². The van der Waals surface area contributed by atoms with E-state index >= 15 is 0 Å². The van der Waals surface area contributed by atoms with E-state index in [1.54, 1.807) is 6.07 Å². The van der Waals surface area contributed by atoms with Gasteiger partial charge in [0.1, 0.15) is 0 Å². The summed E-state index contributed by atoms with van der Waals surface area (Å²) in [4.78, 5) is 14.9. The van der Waals surface area contributed by atoms with Crippen LogP contribution in [0, 0.1) is 0 Å². The minimum atomic E-state index is 0.170. The molecule has 2 atom stereocenters. The van der Waals surface area contributed by atoms with Crippen molar-refractivity contribution in [2.75, 3.05) is 32.8 Å². The average Bonchev–Trinajstić information content (AvgIpc) is 3.28. The number of ether oxygens (including phenoxy) is 1. The van der Waals surface area contributed by atoms with Crippen LogP contribution in [0.25, 0.3) is 0 Å². The summed E-state index contributed by atoms with van der Waals surface area (Å²) in [5.74, 6) is 0. The van der Waals surface area contributed by atoms with Crippen LogP contribution in [0.2, 0.25) is 0 Å². The van der Waals surface area contributed by atoms with Crippen LogP contribution in [0.3, 0.4) is 0 Å². The quantitative estimate of drug-likeness (QED) is 0.880. The summed E-state index contributed by atoms with van der Waals surface area (Å²) in [6.45, 7) is 5.97. The Labute approximate surface area is 144 Å². The van der Waals surface area contributed by atoms with Gasteiger partial charge in [-0.25, -0.2) is 0 Å². The number of fused-ring (bicyclic) bond motifs is 1. The van der Waals surface area contributed by atoms with Crippen LogP contribution in [0.4, 0.5) is 0 Å². The number of likely N-dealkylation sites (tertiary alicyclic amines) is 1. The van der Waals surface area contributed by atoms with Gasteiger partial charge in [0.25, 0.3) is 5.56 Å². The van der Waals surface area contributed by atoms with E-state index in [9.17, 15) is 4.79 Å². The second-order valence-corrected chi connectivity index (χ2v) is 7.51. The Kier molecular flexibility index (Phi) is 5.01. The van der Waals surface area contributed by atoms with Crippen molar-refractivity contribution in [1.29, 1.82) is 0 Å². The first-order chi connectivity index (χ1) is 11.8. The molecule has 0 aromatic carbocycles. The predicted molar refractivity (Wildman–Crippen MR) is 94.5 cm³/mol. The van der Waals surface area contributed by atoms with Gasteiger partial charge in [-0.2, -0.15) is 0 Å². The van der Waals surface area contributed by atoms with E-state index in [1.807, 2.05) is 4.57 Å². The maximum atomic E-state index is 12.4. The topological polar surface area (TPSA) is 46.5 Å².